The van der Waals surface area contributed by atoms with Crippen molar-refractivity contribution in [1.29, 1.82) is 0 Å². The molecule has 3 aliphatic rings. The number of fused-ring (bicyclic) bond motifs is 2. The standard InChI is InChI=1S/C22H27N3O5/c1-13-5-14(2)25(23-13)11-22(27)24-9-15-6-18(26)20(7-16(15)10-24)30-17-3-4-19-21(8-17)29-12-28-19/h3-5,8,15-16,18,20,26H,6-7,9-12H2,1-2H3/t15-,16+,18+,20+/m0/s1. The van der Waals surface area contributed by atoms with Gasteiger partial charge in [-0.2, -0.15) is 5.10 Å². The fourth-order valence-electron chi connectivity index (χ4n) is 4.91. The molecular weight excluding hydrogens is 386 g/mol. The van der Waals surface area contributed by atoms with Gasteiger partial charge < -0.3 is 24.2 Å². The maximum atomic E-state index is 12.8. The first kappa shape index (κ1) is 19.2. The van der Waals surface area contributed by atoms with Gasteiger partial charge >= 0.3 is 0 Å². The summed E-state index contributed by atoms with van der Waals surface area (Å²) in [5.41, 5.74) is 1.91. The molecule has 8 heteroatoms. The summed E-state index contributed by atoms with van der Waals surface area (Å²) in [6.45, 7) is 5.77. The lowest BCUT2D eigenvalue weighted by Gasteiger charge is -2.35. The normalized spacial score (nSPS) is 27.2. The van der Waals surface area contributed by atoms with E-state index in [2.05, 4.69) is 5.10 Å². The van der Waals surface area contributed by atoms with Crippen molar-refractivity contribution >= 4 is 5.91 Å². The van der Waals surface area contributed by atoms with Crippen LogP contribution in [0.15, 0.2) is 24.3 Å². The van der Waals surface area contributed by atoms with E-state index in [9.17, 15) is 9.90 Å². The lowest BCUT2D eigenvalue weighted by Crippen LogP contribution is -2.42. The molecule has 1 aromatic heterocycles. The predicted molar refractivity (Wildman–Crippen MR) is 107 cm³/mol. The molecule has 4 atom stereocenters. The van der Waals surface area contributed by atoms with Gasteiger partial charge in [-0.1, -0.05) is 0 Å². The number of carbonyl (C=O) groups excluding carboxylic acids is 1. The number of aliphatic hydroxyl groups is 1. The first-order valence-electron chi connectivity index (χ1n) is 10.5. The van der Waals surface area contributed by atoms with Crippen LogP contribution in [0.5, 0.6) is 17.2 Å². The number of aromatic nitrogens is 2. The Morgan fingerprint density at radius 3 is 2.70 bits per heavy atom. The van der Waals surface area contributed by atoms with E-state index in [0.717, 1.165) is 17.8 Å². The van der Waals surface area contributed by atoms with Crippen molar-refractivity contribution in [2.75, 3.05) is 19.9 Å². The first-order chi connectivity index (χ1) is 14.5. The maximum absolute atomic E-state index is 12.8. The Hall–Kier alpha value is -2.74. The van der Waals surface area contributed by atoms with Crippen LogP contribution in [0.1, 0.15) is 24.2 Å². The third-order valence-electron chi connectivity index (χ3n) is 6.46. The number of nitrogens with zero attached hydrogens (tertiary/aromatic N) is 3. The first-order valence-corrected chi connectivity index (χ1v) is 10.5. The highest BCUT2D eigenvalue weighted by Crippen LogP contribution is 2.40. The van der Waals surface area contributed by atoms with Crippen LogP contribution < -0.4 is 14.2 Å². The molecule has 1 aliphatic carbocycles. The van der Waals surface area contributed by atoms with Crippen LogP contribution in [-0.2, 0) is 11.3 Å². The van der Waals surface area contributed by atoms with E-state index in [1.807, 2.05) is 36.9 Å². The highest BCUT2D eigenvalue weighted by atomic mass is 16.7. The molecule has 0 unspecified atom stereocenters. The predicted octanol–water partition coefficient (Wildman–Crippen LogP) is 1.91. The number of carbonyl (C=O) groups is 1. The molecule has 1 saturated carbocycles. The number of likely N-dealkylation sites (tertiary alicyclic amines) is 1. The molecule has 2 aliphatic heterocycles. The van der Waals surface area contributed by atoms with Gasteiger partial charge in [-0.25, -0.2) is 0 Å². The average molecular weight is 413 g/mol. The molecule has 1 aromatic carbocycles. The minimum atomic E-state index is -0.553. The second kappa shape index (κ2) is 7.50. The average Bonchev–Trinajstić information content (AvgIpc) is 3.40. The van der Waals surface area contributed by atoms with E-state index in [1.165, 1.54) is 0 Å². The van der Waals surface area contributed by atoms with Gasteiger partial charge in [0.05, 0.1) is 11.8 Å². The van der Waals surface area contributed by atoms with Gasteiger partial charge in [-0.3, -0.25) is 9.48 Å². The lowest BCUT2D eigenvalue weighted by atomic mass is 9.78. The topological polar surface area (TPSA) is 86.1 Å². The minimum Gasteiger partial charge on any atom is -0.488 e. The van der Waals surface area contributed by atoms with Crippen molar-refractivity contribution in [2.24, 2.45) is 11.8 Å². The second-order valence-corrected chi connectivity index (χ2v) is 8.61. The number of rotatable bonds is 4. The largest absolute Gasteiger partial charge is 0.488 e. The molecule has 1 N–H and O–H groups in total. The number of ether oxygens (including phenoxy) is 3. The van der Waals surface area contributed by atoms with Gasteiger partial charge in [0.15, 0.2) is 11.5 Å². The zero-order chi connectivity index (χ0) is 20.8. The smallest absolute Gasteiger partial charge is 0.244 e. The summed E-state index contributed by atoms with van der Waals surface area (Å²) in [5, 5.41) is 15.1. The number of hydrogen-bond donors (Lipinski definition) is 1. The molecule has 2 aromatic rings. The van der Waals surface area contributed by atoms with Crippen molar-refractivity contribution in [2.45, 2.75) is 45.4 Å². The number of amides is 1. The Bertz CT molecular complexity index is 958. The Morgan fingerprint density at radius 1 is 1.17 bits per heavy atom. The molecular formula is C22H27N3O5. The van der Waals surface area contributed by atoms with Crippen LogP contribution in [0.25, 0.3) is 0 Å². The van der Waals surface area contributed by atoms with Crippen molar-refractivity contribution in [3.8, 4) is 17.2 Å². The molecule has 2 fully saturated rings. The Kier molecular flexibility index (Phi) is 4.81. The van der Waals surface area contributed by atoms with Crippen molar-refractivity contribution in [3.05, 3.63) is 35.7 Å². The highest BCUT2D eigenvalue weighted by Gasteiger charge is 2.44. The maximum Gasteiger partial charge on any atom is 0.244 e. The fourth-order valence-corrected chi connectivity index (χ4v) is 4.91. The summed E-state index contributed by atoms with van der Waals surface area (Å²) < 4.78 is 18.6. The minimum absolute atomic E-state index is 0.0818. The number of hydrogen-bond acceptors (Lipinski definition) is 6. The molecule has 5 rings (SSSR count). The second-order valence-electron chi connectivity index (χ2n) is 8.61. The molecule has 0 radical (unpaired) electrons. The fraction of sp³-hybridized carbons (Fsp3) is 0.545. The highest BCUT2D eigenvalue weighted by molar-refractivity contribution is 5.76. The zero-order valence-corrected chi connectivity index (χ0v) is 17.3. The van der Waals surface area contributed by atoms with Gasteiger partial charge in [0.25, 0.3) is 0 Å². The van der Waals surface area contributed by atoms with E-state index in [0.29, 0.717) is 48.6 Å². The SMILES string of the molecule is Cc1cc(C)n(CC(=O)N2C[C@H]3C[C@@H](Oc4ccc5c(c4)OCO5)[C@H](O)C[C@H]3C2)n1. The van der Waals surface area contributed by atoms with Crippen LogP contribution >= 0.6 is 0 Å². The Morgan fingerprint density at radius 2 is 1.93 bits per heavy atom. The Balaban J connectivity index is 1.22. The summed E-state index contributed by atoms with van der Waals surface area (Å²) >= 11 is 0. The molecule has 1 saturated heterocycles. The van der Waals surface area contributed by atoms with Crippen LogP contribution in [0.3, 0.4) is 0 Å². The van der Waals surface area contributed by atoms with E-state index >= 15 is 0 Å². The molecule has 160 valence electrons. The molecule has 1 amide bonds. The van der Waals surface area contributed by atoms with Crippen molar-refractivity contribution < 1.29 is 24.1 Å². The van der Waals surface area contributed by atoms with Crippen molar-refractivity contribution in [1.82, 2.24) is 14.7 Å². The monoisotopic (exact) mass is 413 g/mol. The van der Waals surface area contributed by atoms with Gasteiger partial charge in [0.2, 0.25) is 12.7 Å². The summed E-state index contributed by atoms with van der Waals surface area (Å²) in [6, 6.07) is 7.45. The van der Waals surface area contributed by atoms with Gasteiger partial charge in [-0.15, -0.1) is 0 Å². The number of aliphatic hydroxyl groups excluding tert-OH is 1. The molecule has 8 nitrogen and oxygen atoms in total. The summed E-state index contributed by atoms with van der Waals surface area (Å²) in [7, 11) is 0. The van der Waals surface area contributed by atoms with Crippen LogP contribution in [-0.4, -0.2) is 57.8 Å². The summed E-state index contributed by atoms with van der Waals surface area (Å²) in [4.78, 5) is 14.7. The van der Waals surface area contributed by atoms with Crippen LogP contribution in [0.4, 0.5) is 0 Å². The van der Waals surface area contributed by atoms with E-state index in [-0.39, 0.29) is 25.3 Å². The van der Waals surface area contributed by atoms with Crippen molar-refractivity contribution in [3.63, 3.8) is 0 Å². The van der Waals surface area contributed by atoms with Crippen LogP contribution in [0, 0.1) is 25.7 Å². The third kappa shape index (κ3) is 3.60. The van der Waals surface area contributed by atoms with Gasteiger partial charge in [0, 0.05) is 24.8 Å². The Labute approximate surface area is 175 Å². The molecule has 0 bridgehead atoms. The van der Waals surface area contributed by atoms with E-state index in [1.54, 1.807) is 10.7 Å². The molecule has 30 heavy (non-hydrogen) atoms. The van der Waals surface area contributed by atoms with Gasteiger partial charge in [0.1, 0.15) is 18.4 Å². The summed E-state index contributed by atoms with van der Waals surface area (Å²) in [6.07, 6.45) is 0.522. The summed E-state index contributed by atoms with van der Waals surface area (Å²) in [5.74, 6) is 2.75. The van der Waals surface area contributed by atoms with E-state index in [4.69, 9.17) is 14.2 Å². The zero-order valence-electron chi connectivity index (χ0n) is 17.3. The molecule has 0 spiro atoms. The van der Waals surface area contributed by atoms with Crippen LogP contribution in [0.2, 0.25) is 0 Å². The van der Waals surface area contributed by atoms with E-state index < -0.39 is 6.10 Å². The lowest BCUT2D eigenvalue weighted by molar-refractivity contribution is -0.131. The number of aryl methyl sites for hydroxylation is 2. The third-order valence-corrected chi connectivity index (χ3v) is 6.46. The molecule has 3 heterocycles. The van der Waals surface area contributed by atoms with Gasteiger partial charge in [-0.05, 0) is 56.7 Å². The number of benzene rings is 1. The quantitative estimate of drug-likeness (QED) is 0.824.